The molecule has 0 aromatic heterocycles. The number of benzene rings is 2. The summed E-state index contributed by atoms with van der Waals surface area (Å²) in [6.45, 7) is 12.7. The van der Waals surface area contributed by atoms with Gasteiger partial charge in [-0.2, -0.15) is 0 Å². The molecule has 24 heavy (non-hydrogen) atoms. The van der Waals surface area contributed by atoms with E-state index in [9.17, 15) is 4.79 Å². The summed E-state index contributed by atoms with van der Waals surface area (Å²) in [5.41, 5.74) is 6.36. The average molecular weight is 324 g/mol. The number of hydrogen-bond donors (Lipinski definition) is 1. The maximum atomic E-state index is 12.6. The van der Waals surface area contributed by atoms with Crippen molar-refractivity contribution >= 4 is 17.3 Å². The summed E-state index contributed by atoms with van der Waals surface area (Å²) in [5, 5.41) is 3.12. The number of carbonyl (C=O) groups excluding carboxylic acids is 1. The van der Waals surface area contributed by atoms with Crippen LogP contribution in [0.5, 0.6) is 0 Å². The number of anilines is 2. The lowest BCUT2D eigenvalue weighted by Crippen LogP contribution is -2.26. The molecule has 0 spiro atoms. The van der Waals surface area contributed by atoms with Crippen LogP contribution in [0.15, 0.2) is 36.4 Å². The van der Waals surface area contributed by atoms with Crippen molar-refractivity contribution in [3.63, 3.8) is 0 Å². The molecule has 3 heteroatoms. The molecule has 0 aliphatic heterocycles. The van der Waals surface area contributed by atoms with Crippen molar-refractivity contribution < 1.29 is 4.79 Å². The van der Waals surface area contributed by atoms with Gasteiger partial charge in [-0.1, -0.05) is 31.2 Å². The zero-order chi connectivity index (χ0) is 17.7. The van der Waals surface area contributed by atoms with E-state index in [0.717, 1.165) is 36.3 Å². The SMILES string of the molecule is CCCN(CC)c1c(C)cc(C)c(NC(=O)c2ccccc2)c1C. The maximum Gasteiger partial charge on any atom is 0.255 e. The quantitative estimate of drug-likeness (QED) is 0.801. The summed E-state index contributed by atoms with van der Waals surface area (Å²) < 4.78 is 0. The van der Waals surface area contributed by atoms with Gasteiger partial charge in [0.2, 0.25) is 0 Å². The number of nitrogens with one attached hydrogen (secondary N) is 1. The molecule has 1 amide bonds. The van der Waals surface area contributed by atoms with Crippen molar-refractivity contribution in [1.82, 2.24) is 0 Å². The van der Waals surface area contributed by atoms with Gasteiger partial charge in [0.1, 0.15) is 0 Å². The minimum atomic E-state index is -0.0601. The molecule has 1 N–H and O–H groups in total. The van der Waals surface area contributed by atoms with Gasteiger partial charge in [-0.05, 0) is 62.9 Å². The van der Waals surface area contributed by atoms with E-state index in [4.69, 9.17) is 0 Å². The summed E-state index contributed by atoms with van der Waals surface area (Å²) in [4.78, 5) is 14.9. The molecule has 0 aliphatic carbocycles. The third-order valence-corrected chi connectivity index (χ3v) is 4.40. The summed E-state index contributed by atoms with van der Waals surface area (Å²) in [5.74, 6) is -0.0601. The first-order valence-corrected chi connectivity index (χ1v) is 8.71. The van der Waals surface area contributed by atoms with Crippen LogP contribution in [0.3, 0.4) is 0 Å². The standard InChI is InChI=1S/C21H28N2O/c1-6-13-23(7-2)20-16(4)14-15(3)19(17(20)5)22-21(24)18-11-9-8-10-12-18/h8-12,14H,6-7,13H2,1-5H3,(H,22,24). The van der Waals surface area contributed by atoms with Gasteiger partial charge < -0.3 is 10.2 Å². The van der Waals surface area contributed by atoms with E-state index in [0.29, 0.717) is 5.56 Å². The van der Waals surface area contributed by atoms with E-state index >= 15 is 0 Å². The van der Waals surface area contributed by atoms with Crippen molar-refractivity contribution in [2.75, 3.05) is 23.3 Å². The van der Waals surface area contributed by atoms with Crippen LogP contribution in [0.1, 0.15) is 47.3 Å². The molecule has 3 nitrogen and oxygen atoms in total. The zero-order valence-corrected chi connectivity index (χ0v) is 15.4. The van der Waals surface area contributed by atoms with Gasteiger partial charge in [-0.25, -0.2) is 0 Å². The van der Waals surface area contributed by atoms with E-state index in [2.05, 4.69) is 50.9 Å². The lowest BCUT2D eigenvalue weighted by atomic mass is 10.00. The topological polar surface area (TPSA) is 32.3 Å². The highest BCUT2D eigenvalue weighted by molar-refractivity contribution is 6.05. The number of carbonyl (C=O) groups is 1. The Morgan fingerprint density at radius 2 is 1.71 bits per heavy atom. The van der Waals surface area contributed by atoms with E-state index < -0.39 is 0 Å². The van der Waals surface area contributed by atoms with Gasteiger partial charge in [0.15, 0.2) is 0 Å². The van der Waals surface area contributed by atoms with E-state index in [1.165, 1.54) is 11.3 Å². The second kappa shape index (κ2) is 8.00. The smallest absolute Gasteiger partial charge is 0.255 e. The molecular formula is C21H28N2O. The molecule has 0 bridgehead atoms. The molecule has 0 saturated heterocycles. The molecule has 2 aromatic rings. The predicted molar refractivity (Wildman–Crippen MR) is 103 cm³/mol. The molecular weight excluding hydrogens is 296 g/mol. The lowest BCUT2D eigenvalue weighted by molar-refractivity contribution is 0.102. The Kier molecular flexibility index (Phi) is 6.02. The van der Waals surface area contributed by atoms with Gasteiger partial charge in [0.05, 0.1) is 0 Å². The number of aryl methyl sites for hydroxylation is 2. The van der Waals surface area contributed by atoms with Crippen LogP contribution >= 0.6 is 0 Å². The Bertz CT molecular complexity index is 708. The van der Waals surface area contributed by atoms with Gasteiger partial charge in [-0.3, -0.25) is 4.79 Å². The summed E-state index contributed by atoms with van der Waals surface area (Å²) in [7, 11) is 0. The van der Waals surface area contributed by atoms with Crippen molar-refractivity contribution in [1.29, 1.82) is 0 Å². The fourth-order valence-electron chi connectivity index (χ4n) is 3.33. The molecule has 2 aromatic carbocycles. The van der Waals surface area contributed by atoms with Gasteiger partial charge in [-0.15, -0.1) is 0 Å². The maximum absolute atomic E-state index is 12.6. The molecule has 0 radical (unpaired) electrons. The molecule has 0 saturated carbocycles. The van der Waals surface area contributed by atoms with Crippen molar-refractivity contribution in [3.8, 4) is 0 Å². The fourth-order valence-corrected chi connectivity index (χ4v) is 3.33. The van der Waals surface area contributed by atoms with Crippen LogP contribution in [0.2, 0.25) is 0 Å². The molecule has 0 heterocycles. The Labute approximate surface area is 145 Å². The summed E-state index contributed by atoms with van der Waals surface area (Å²) in [6, 6.07) is 11.5. The van der Waals surface area contributed by atoms with Crippen LogP contribution in [0.25, 0.3) is 0 Å². The van der Waals surface area contributed by atoms with Gasteiger partial charge >= 0.3 is 0 Å². The first-order valence-electron chi connectivity index (χ1n) is 8.71. The van der Waals surface area contributed by atoms with E-state index in [1.807, 2.05) is 30.3 Å². The monoisotopic (exact) mass is 324 g/mol. The van der Waals surface area contributed by atoms with Gasteiger partial charge in [0.25, 0.3) is 5.91 Å². The highest BCUT2D eigenvalue weighted by Gasteiger charge is 2.17. The number of hydrogen-bond acceptors (Lipinski definition) is 2. The number of rotatable bonds is 6. The summed E-state index contributed by atoms with van der Waals surface area (Å²) in [6.07, 6.45) is 1.10. The van der Waals surface area contributed by atoms with E-state index in [1.54, 1.807) is 0 Å². The highest BCUT2D eigenvalue weighted by Crippen LogP contribution is 2.34. The normalized spacial score (nSPS) is 10.5. The van der Waals surface area contributed by atoms with Crippen molar-refractivity contribution in [2.45, 2.75) is 41.0 Å². The second-order valence-corrected chi connectivity index (χ2v) is 6.26. The third-order valence-electron chi connectivity index (χ3n) is 4.40. The Morgan fingerprint density at radius 1 is 1.04 bits per heavy atom. The predicted octanol–water partition coefficient (Wildman–Crippen LogP) is 5.10. The average Bonchev–Trinajstić information content (AvgIpc) is 2.58. The lowest BCUT2D eigenvalue weighted by Gasteiger charge is -2.28. The van der Waals surface area contributed by atoms with Crippen LogP contribution < -0.4 is 10.2 Å². The van der Waals surface area contributed by atoms with Crippen LogP contribution in [0.4, 0.5) is 11.4 Å². The summed E-state index contributed by atoms with van der Waals surface area (Å²) >= 11 is 0. The van der Waals surface area contributed by atoms with Crippen molar-refractivity contribution in [3.05, 3.63) is 58.7 Å². The van der Waals surface area contributed by atoms with Gasteiger partial charge in [0, 0.05) is 30.0 Å². The molecule has 0 atom stereocenters. The first kappa shape index (κ1) is 18.1. The Morgan fingerprint density at radius 3 is 2.29 bits per heavy atom. The van der Waals surface area contributed by atoms with Crippen molar-refractivity contribution in [2.24, 2.45) is 0 Å². The van der Waals surface area contributed by atoms with Crippen LogP contribution in [0, 0.1) is 20.8 Å². The van der Waals surface area contributed by atoms with Crippen LogP contribution in [-0.2, 0) is 0 Å². The number of nitrogens with zero attached hydrogens (tertiary/aromatic N) is 1. The molecule has 128 valence electrons. The zero-order valence-electron chi connectivity index (χ0n) is 15.4. The molecule has 0 aliphatic rings. The molecule has 2 rings (SSSR count). The number of amides is 1. The molecule has 0 unspecified atom stereocenters. The largest absolute Gasteiger partial charge is 0.371 e. The third kappa shape index (κ3) is 3.78. The minimum Gasteiger partial charge on any atom is -0.371 e. The fraction of sp³-hybridized carbons (Fsp3) is 0.381. The highest BCUT2D eigenvalue weighted by atomic mass is 16.1. The Hall–Kier alpha value is -2.29. The first-order chi connectivity index (χ1) is 11.5. The minimum absolute atomic E-state index is 0.0601. The van der Waals surface area contributed by atoms with Crippen LogP contribution in [-0.4, -0.2) is 19.0 Å². The second-order valence-electron chi connectivity index (χ2n) is 6.26. The van der Waals surface area contributed by atoms with E-state index in [-0.39, 0.29) is 5.91 Å². The molecule has 0 fully saturated rings. The Balaban J connectivity index is 2.41.